The van der Waals surface area contributed by atoms with Crippen molar-refractivity contribution in [2.24, 2.45) is 5.92 Å². The number of likely N-dealkylation sites (tertiary alicyclic amines) is 1. The van der Waals surface area contributed by atoms with Crippen molar-refractivity contribution < 1.29 is 1.43 Å². The number of rotatable bonds is 1. The van der Waals surface area contributed by atoms with Gasteiger partial charge in [-0.1, -0.05) is 20.8 Å². The van der Waals surface area contributed by atoms with Crippen LogP contribution in [0.4, 0.5) is 0 Å². The Kier molecular flexibility index (Phi) is 7.29. The fourth-order valence-electron chi connectivity index (χ4n) is 1.94. The van der Waals surface area contributed by atoms with Gasteiger partial charge in [0.15, 0.2) is 0 Å². The minimum Gasteiger partial charge on any atom is -0.317 e. The van der Waals surface area contributed by atoms with Crippen molar-refractivity contribution in [2.45, 2.75) is 39.7 Å². The Morgan fingerprint density at radius 2 is 2.00 bits per heavy atom. The smallest absolute Gasteiger partial charge is 0.00792 e. The average Bonchev–Trinajstić information content (AvgIpc) is 2.30. The van der Waals surface area contributed by atoms with E-state index in [4.69, 9.17) is 0 Å². The molecule has 1 fully saturated rings. The summed E-state index contributed by atoms with van der Waals surface area (Å²) in [6, 6.07) is 0.745. The molecule has 13 heavy (non-hydrogen) atoms. The molecule has 0 aromatic heterocycles. The summed E-state index contributed by atoms with van der Waals surface area (Å²) < 4.78 is 0. The van der Waals surface area contributed by atoms with Gasteiger partial charge in [0.2, 0.25) is 0 Å². The minimum atomic E-state index is 0. The van der Waals surface area contributed by atoms with Crippen LogP contribution in [-0.4, -0.2) is 38.1 Å². The molecule has 0 bridgehead atoms. The Morgan fingerprint density at radius 3 is 2.54 bits per heavy atom. The maximum Gasteiger partial charge on any atom is 0.00792 e. The molecule has 0 aliphatic carbocycles. The second-order valence-corrected chi connectivity index (χ2v) is 3.88. The van der Waals surface area contributed by atoms with Crippen molar-refractivity contribution in [1.29, 1.82) is 0 Å². The highest BCUT2D eigenvalue weighted by Gasteiger charge is 2.17. The number of nitrogens with zero attached hydrogens (tertiary/aromatic N) is 1. The fourth-order valence-corrected chi connectivity index (χ4v) is 1.94. The van der Waals surface area contributed by atoms with Gasteiger partial charge in [0, 0.05) is 14.0 Å². The van der Waals surface area contributed by atoms with Crippen molar-refractivity contribution >= 4 is 0 Å². The molecule has 2 atom stereocenters. The molecule has 2 heteroatoms. The monoisotopic (exact) mass is 188 g/mol. The molecule has 2 nitrogen and oxygen atoms in total. The predicted octanol–water partition coefficient (Wildman–Crippen LogP) is 2.21. The number of nitrogens with one attached hydrogen (secondary N) is 1. The molecule has 1 N–H and O–H groups in total. The fraction of sp³-hybridized carbons (Fsp3) is 1.00. The summed E-state index contributed by atoms with van der Waals surface area (Å²) in [6.07, 6.45) is 2.64. The van der Waals surface area contributed by atoms with Crippen LogP contribution in [0.2, 0.25) is 0 Å². The Bertz CT molecular complexity index is 120. The van der Waals surface area contributed by atoms with Gasteiger partial charge in [-0.3, -0.25) is 0 Å². The van der Waals surface area contributed by atoms with Gasteiger partial charge in [0.1, 0.15) is 0 Å². The summed E-state index contributed by atoms with van der Waals surface area (Å²) in [6.45, 7) is 8.85. The zero-order valence-corrected chi connectivity index (χ0v) is 9.93. The van der Waals surface area contributed by atoms with Gasteiger partial charge in [-0.05, 0) is 39.4 Å². The highest BCUT2D eigenvalue weighted by Crippen LogP contribution is 2.14. The van der Waals surface area contributed by atoms with Crippen LogP contribution in [0, 0.1) is 5.92 Å². The van der Waals surface area contributed by atoms with Gasteiger partial charge in [-0.25, -0.2) is 0 Å². The van der Waals surface area contributed by atoms with E-state index in [1.54, 1.807) is 0 Å². The van der Waals surface area contributed by atoms with E-state index in [1.807, 2.05) is 13.8 Å². The van der Waals surface area contributed by atoms with Crippen LogP contribution in [0.15, 0.2) is 0 Å². The molecule has 1 unspecified atom stereocenters. The normalized spacial score (nSPS) is 30.2. The Balaban J connectivity index is 0. The molecule has 1 rings (SSSR count). The van der Waals surface area contributed by atoms with Crippen LogP contribution >= 0.6 is 0 Å². The van der Waals surface area contributed by atoms with Gasteiger partial charge < -0.3 is 10.2 Å². The SMILES string of the molecule is CC.CNC1CCN(C)C[C@@H](C)C1.[HH]. The van der Waals surface area contributed by atoms with E-state index in [-0.39, 0.29) is 1.43 Å². The highest BCUT2D eigenvalue weighted by molar-refractivity contribution is 4.75. The lowest BCUT2D eigenvalue weighted by molar-refractivity contribution is 0.310. The first-order chi connectivity index (χ1) is 6.22. The molecule has 0 aromatic rings. The Hall–Kier alpha value is -0.0800. The maximum absolute atomic E-state index is 3.37. The standard InChI is InChI=1S/C9H20N2.C2H6.H2/c1-8-6-9(10-2)4-5-11(3)7-8;1-2;/h8-10H,4-7H2,1-3H3;1-2H3;1H/t8-,9?;;/m0../s1. The first-order valence-electron chi connectivity index (χ1n) is 5.58. The summed E-state index contributed by atoms with van der Waals surface area (Å²) in [5, 5.41) is 3.37. The molecule has 0 saturated carbocycles. The zero-order chi connectivity index (χ0) is 10.3. The topological polar surface area (TPSA) is 15.3 Å². The number of hydrogen-bond donors (Lipinski definition) is 1. The quantitative estimate of drug-likeness (QED) is 0.679. The van der Waals surface area contributed by atoms with Crippen LogP contribution < -0.4 is 5.32 Å². The molecule has 0 radical (unpaired) electrons. The van der Waals surface area contributed by atoms with Gasteiger partial charge >= 0.3 is 0 Å². The van der Waals surface area contributed by atoms with Crippen LogP contribution in [0.25, 0.3) is 0 Å². The van der Waals surface area contributed by atoms with Crippen LogP contribution in [-0.2, 0) is 0 Å². The van der Waals surface area contributed by atoms with E-state index in [0.29, 0.717) is 0 Å². The minimum absolute atomic E-state index is 0. The van der Waals surface area contributed by atoms with Crippen molar-refractivity contribution in [3.8, 4) is 0 Å². The summed E-state index contributed by atoms with van der Waals surface area (Å²) in [5.41, 5.74) is 0. The van der Waals surface area contributed by atoms with Crippen molar-refractivity contribution in [1.82, 2.24) is 10.2 Å². The van der Waals surface area contributed by atoms with Gasteiger partial charge in [-0.2, -0.15) is 0 Å². The Labute approximate surface area is 85.2 Å². The maximum atomic E-state index is 3.37. The highest BCUT2D eigenvalue weighted by atomic mass is 15.1. The average molecular weight is 188 g/mol. The molecular formula is C11H28N2. The molecule has 1 saturated heterocycles. The largest absolute Gasteiger partial charge is 0.317 e. The lowest BCUT2D eigenvalue weighted by Crippen LogP contribution is -2.27. The third-order valence-corrected chi connectivity index (χ3v) is 2.58. The predicted molar refractivity (Wildman–Crippen MR) is 62.2 cm³/mol. The molecule has 1 heterocycles. The second kappa shape index (κ2) is 7.34. The first-order valence-corrected chi connectivity index (χ1v) is 5.58. The summed E-state index contributed by atoms with van der Waals surface area (Å²) in [7, 11) is 4.29. The van der Waals surface area contributed by atoms with Crippen LogP contribution in [0.5, 0.6) is 0 Å². The summed E-state index contributed by atoms with van der Waals surface area (Å²) >= 11 is 0. The summed E-state index contributed by atoms with van der Waals surface area (Å²) in [5.74, 6) is 0.847. The van der Waals surface area contributed by atoms with Gasteiger partial charge in [0.05, 0.1) is 0 Å². The van der Waals surface area contributed by atoms with Gasteiger partial charge in [-0.15, -0.1) is 0 Å². The lowest BCUT2D eigenvalue weighted by atomic mass is 10.0. The molecule has 82 valence electrons. The zero-order valence-electron chi connectivity index (χ0n) is 9.93. The van der Waals surface area contributed by atoms with E-state index in [9.17, 15) is 0 Å². The molecule has 0 amide bonds. The Morgan fingerprint density at radius 1 is 1.38 bits per heavy atom. The molecule has 1 aliphatic heterocycles. The van der Waals surface area contributed by atoms with E-state index >= 15 is 0 Å². The van der Waals surface area contributed by atoms with E-state index in [0.717, 1.165) is 12.0 Å². The first kappa shape index (κ1) is 12.9. The molecular weight excluding hydrogens is 160 g/mol. The molecule has 0 spiro atoms. The van der Waals surface area contributed by atoms with E-state index < -0.39 is 0 Å². The lowest BCUT2D eigenvalue weighted by Gasteiger charge is -2.15. The molecule has 1 aliphatic rings. The molecule has 0 aromatic carbocycles. The third kappa shape index (κ3) is 5.27. The number of hydrogen-bond acceptors (Lipinski definition) is 2. The van der Waals surface area contributed by atoms with Gasteiger partial charge in [0.25, 0.3) is 0 Å². The second-order valence-electron chi connectivity index (χ2n) is 3.88. The van der Waals surface area contributed by atoms with Crippen molar-refractivity contribution in [3.63, 3.8) is 0 Å². The van der Waals surface area contributed by atoms with Crippen molar-refractivity contribution in [3.05, 3.63) is 0 Å². The van der Waals surface area contributed by atoms with E-state index in [2.05, 4.69) is 31.2 Å². The van der Waals surface area contributed by atoms with Crippen LogP contribution in [0.1, 0.15) is 35.0 Å². The third-order valence-electron chi connectivity index (χ3n) is 2.58. The van der Waals surface area contributed by atoms with Crippen LogP contribution in [0.3, 0.4) is 0 Å². The van der Waals surface area contributed by atoms with E-state index in [1.165, 1.54) is 25.9 Å². The summed E-state index contributed by atoms with van der Waals surface area (Å²) in [4.78, 5) is 2.43. The van der Waals surface area contributed by atoms with Crippen molar-refractivity contribution in [2.75, 3.05) is 27.2 Å².